The van der Waals surface area contributed by atoms with E-state index in [9.17, 15) is 0 Å². The van der Waals surface area contributed by atoms with Crippen LogP contribution in [0.2, 0.25) is 0 Å². The van der Waals surface area contributed by atoms with Crippen LogP contribution in [-0.4, -0.2) is 18.5 Å². The predicted octanol–water partition coefficient (Wildman–Crippen LogP) is 4.66. The smallest absolute Gasteiger partial charge is 0.0841 e. The number of aliphatic imine (C=N–C) groups is 2. The molecule has 0 saturated carbocycles. The zero-order valence-corrected chi connectivity index (χ0v) is 12.5. The van der Waals surface area contributed by atoms with E-state index in [0.717, 1.165) is 36.4 Å². The highest BCUT2D eigenvalue weighted by molar-refractivity contribution is 6.38. The molecule has 0 aromatic rings. The molecule has 0 spiro atoms. The van der Waals surface area contributed by atoms with Gasteiger partial charge in [0.05, 0.1) is 11.4 Å². The van der Waals surface area contributed by atoms with Gasteiger partial charge in [-0.2, -0.15) is 0 Å². The minimum absolute atomic E-state index is 0.782. The summed E-state index contributed by atoms with van der Waals surface area (Å²) in [4.78, 5) is 9.08. The van der Waals surface area contributed by atoms with Crippen molar-refractivity contribution in [1.29, 1.82) is 0 Å². The first-order chi connectivity index (χ1) is 9.19. The maximum atomic E-state index is 4.77. The van der Waals surface area contributed by atoms with Crippen molar-refractivity contribution >= 4 is 11.9 Å². The molecule has 0 atom stereocenters. The Hall–Kier alpha value is -1.70. The number of hydrogen-bond acceptors (Lipinski definition) is 2. The van der Waals surface area contributed by atoms with Gasteiger partial charge in [-0.15, -0.1) is 0 Å². The normalized spacial score (nSPS) is 21.9. The molecule has 1 aliphatic rings. The third-order valence-corrected chi connectivity index (χ3v) is 3.02. The summed E-state index contributed by atoms with van der Waals surface area (Å²) >= 11 is 0. The minimum atomic E-state index is 0.782. The third-order valence-electron chi connectivity index (χ3n) is 3.02. The summed E-state index contributed by atoms with van der Waals surface area (Å²) in [5.74, 6) is 0. The molecular weight excluding hydrogens is 232 g/mol. The molecule has 1 aliphatic carbocycles. The van der Waals surface area contributed by atoms with Gasteiger partial charge in [-0.3, -0.25) is 4.99 Å². The lowest BCUT2D eigenvalue weighted by molar-refractivity contribution is 1.04. The molecule has 0 fully saturated rings. The van der Waals surface area contributed by atoms with Crippen molar-refractivity contribution in [1.82, 2.24) is 0 Å². The molecule has 0 N–H and O–H groups in total. The Balaban J connectivity index is 3.18. The second-order valence-corrected chi connectivity index (χ2v) is 4.55. The molecule has 102 valence electrons. The van der Waals surface area contributed by atoms with E-state index in [1.165, 1.54) is 5.57 Å². The first-order valence-electron chi connectivity index (χ1n) is 6.94. The second kappa shape index (κ2) is 8.41. The molecule has 0 aromatic carbocycles. The SMILES string of the molecule is C\C=C(C)/C(C=NCC)=N\C1=C(/C)C=CCCC=C1. The van der Waals surface area contributed by atoms with Gasteiger partial charge < -0.3 is 0 Å². The van der Waals surface area contributed by atoms with E-state index in [2.05, 4.69) is 49.2 Å². The standard InChI is InChI=1S/C17H24N2/c1-5-14(3)17(13-18-6-2)19-16-12-10-8-7-9-11-15(16)4/h5,9-13H,6-8H2,1-4H3/b11-9?,12-10?,14-5-,16-15+,18-13?,19-17-. The minimum Gasteiger partial charge on any atom is -0.291 e. The van der Waals surface area contributed by atoms with Gasteiger partial charge in [0, 0.05) is 12.8 Å². The van der Waals surface area contributed by atoms with E-state index in [0.29, 0.717) is 0 Å². The largest absolute Gasteiger partial charge is 0.291 e. The Kier molecular flexibility index (Phi) is 6.80. The molecule has 19 heavy (non-hydrogen) atoms. The van der Waals surface area contributed by atoms with E-state index >= 15 is 0 Å². The van der Waals surface area contributed by atoms with Crippen molar-refractivity contribution in [2.24, 2.45) is 9.98 Å². The van der Waals surface area contributed by atoms with Gasteiger partial charge in [0.15, 0.2) is 0 Å². The second-order valence-electron chi connectivity index (χ2n) is 4.55. The van der Waals surface area contributed by atoms with Crippen molar-refractivity contribution < 1.29 is 0 Å². The fourth-order valence-electron chi connectivity index (χ4n) is 1.66. The van der Waals surface area contributed by atoms with Crippen LogP contribution in [0.5, 0.6) is 0 Å². The molecule has 0 saturated heterocycles. The monoisotopic (exact) mass is 256 g/mol. The van der Waals surface area contributed by atoms with Crippen molar-refractivity contribution in [3.8, 4) is 0 Å². The number of nitrogens with zero attached hydrogens (tertiary/aromatic N) is 2. The molecular formula is C17H24N2. The molecule has 0 bridgehead atoms. The fraction of sp³-hybridized carbons (Fsp3) is 0.412. The van der Waals surface area contributed by atoms with Gasteiger partial charge in [0.25, 0.3) is 0 Å². The van der Waals surface area contributed by atoms with Gasteiger partial charge in [-0.25, -0.2) is 4.99 Å². The van der Waals surface area contributed by atoms with Gasteiger partial charge in [-0.05, 0) is 57.8 Å². The Labute approximate surface area is 117 Å². The zero-order valence-electron chi connectivity index (χ0n) is 12.5. The summed E-state index contributed by atoms with van der Waals surface area (Å²) in [7, 11) is 0. The lowest BCUT2D eigenvalue weighted by atomic mass is 10.1. The summed E-state index contributed by atoms with van der Waals surface area (Å²) in [6.45, 7) is 9.01. The first kappa shape index (κ1) is 15.4. The molecule has 0 radical (unpaired) electrons. The van der Waals surface area contributed by atoms with E-state index in [4.69, 9.17) is 4.99 Å². The van der Waals surface area contributed by atoms with Crippen LogP contribution < -0.4 is 0 Å². The van der Waals surface area contributed by atoms with Crippen molar-refractivity contribution in [3.63, 3.8) is 0 Å². The molecule has 0 unspecified atom stereocenters. The summed E-state index contributed by atoms with van der Waals surface area (Å²) in [6, 6.07) is 0. The molecule has 2 heteroatoms. The highest BCUT2D eigenvalue weighted by atomic mass is 14.8. The van der Waals surface area contributed by atoms with E-state index in [1.54, 1.807) is 0 Å². The first-order valence-corrected chi connectivity index (χ1v) is 6.94. The molecule has 0 aliphatic heterocycles. The Morgan fingerprint density at radius 3 is 2.58 bits per heavy atom. The van der Waals surface area contributed by atoms with Crippen molar-refractivity contribution in [2.75, 3.05) is 6.54 Å². The third kappa shape index (κ3) is 5.21. The van der Waals surface area contributed by atoms with Gasteiger partial charge in [0.2, 0.25) is 0 Å². The average molecular weight is 256 g/mol. The van der Waals surface area contributed by atoms with Crippen molar-refractivity contribution in [2.45, 2.75) is 40.5 Å². The molecule has 1 rings (SSSR count). The summed E-state index contributed by atoms with van der Waals surface area (Å²) in [5, 5.41) is 0. The van der Waals surface area contributed by atoms with E-state index in [-0.39, 0.29) is 0 Å². The maximum Gasteiger partial charge on any atom is 0.0841 e. The topological polar surface area (TPSA) is 24.7 Å². The summed E-state index contributed by atoms with van der Waals surface area (Å²) < 4.78 is 0. The highest BCUT2D eigenvalue weighted by Crippen LogP contribution is 2.15. The number of hydrogen-bond donors (Lipinski definition) is 0. The lowest BCUT2D eigenvalue weighted by Crippen LogP contribution is -2.03. The Bertz CT molecular complexity index is 471. The lowest BCUT2D eigenvalue weighted by Gasteiger charge is -2.06. The van der Waals surface area contributed by atoms with Crippen LogP contribution in [0.3, 0.4) is 0 Å². The summed E-state index contributed by atoms with van der Waals surface area (Å²) in [5.41, 5.74) is 4.31. The molecule has 2 nitrogen and oxygen atoms in total. The summed E-state index contributed by atoms with van der Waals surface area (Å²) in [6.07, 6.45) is 14.8. The predicted molar refractivity (Wildman–Crippen MR) is 86.1 cm³/mol. The Morgan fingerprint density at radius 1 is 1.26 bits per heavy atom. The van der Waals surface area contributed by atoms with Crippen LogP contribution in [-0.2, 0) is 0 Å². The van der Waals surface area contributed by atoms with Gasteiger partial charge in [-0.1, -0.05) is 24.3 Å². The van der Waals surface area contributed by atoms with E-state index in [1.807, 2.05) is 20.1 Å². The average Bonchev–Trinajstić information content (AvgIpc) is 2.41. The number of allylic oxidation sites excluding steroid dienone is 7. The quantitative estimate of drug-likeness (QED) is 0.653. The van der Waals surface area contributed by atoms with Crippen LogP contribution in [0.4, 0.5) is 0 Å². The van der Waals surface area contributed by atoms with Crippen LogP contribution in [0, 0.1) is 0 Å². The van der Waals surface area contributed by atoms with Crippen LogP contribution in [0.15, 0.2) is 57.2 Å². The maximum absolute atomic E-state index is 4.77. The van der Waals surface area contributed by atoms with Gasteiger partial charge in [0.1, 0.15) is 0 Å². The molecule has 0 amide bonds. The highest BCUT2D eigenvalue weighted by Gasteiger charge is 2.02. The van der Waals surface area contributed by atoms with Crippen LogP contribution >= 0.6 is 0 Å². The molecule has 0 aromatic heterocycles. The number of rotatable bonds is 4. The van der Waals surface area contributed by atoms with Crippen molar-refractivity contribution in [3.05, 3.63) is 47.2 Å². The van der Waals surface area contributed by atoms with Crippen LogP contribution in [0.1, 0.15) is 40.5 Å². The van der Waals surface area contributed by atoms with Gasteiger partial charge >= 0.3 is 0 Å². The zero-order chi connectivity index (χ0) is 14.1. The fourth-order valence-corrected chi connectivity index (χ4v) is 1.66. The van der Waals surface area contributed by atoms with Crippen LogP contribution in [0.25, 0.3) is 0 Å². The Morgan fingerprint density at radius 2 is 1.95 bits per heavy atom. The van der Waals surface area contributed by atoms with E-state index < -0.39 is 0 Å². The molecule has 0 heterocycles.